The van der Waals surface area contributed by atoms with Gasteiger partial charge in [0.2, 0.25) is 5.91 Å². The van der Waals surface area contributed by atoms with Crippen LogP contribution in [0.5, 0.6) is 11.5 Å². The third kappa shape index (κ3) is 8.11. The molecule has 2 amide bonds. The Morgan fingerprint density at radius 1 is 0.884 bits per heavy atom. The highest BCUT2D eigenvalue weighted by Crippen LogP contribution is 2.38. The van der Waals surface area contributed by atoms with Crippen molar-refractivity contribution in [2.24, 2.45) is 0 Å². The minimum Gasteiger partial charge on any atom is -0.493 e. The monoisotopic (exact) mass is 578 g/mol. The number of carboxylic acid groups (broad SMARTS) is 1. The molecule has 0 fully saturated rings. The van der Waals surface area contributed by atoms with Gasteiger partial charge in [-0.05, 0) is 47.5 Å². The number of ether oxygens (including phenoxy) is 2. The van der Waals surface area contributed by atoms with E-state index in [4.69, 9.17) is 9.47 Å². The molecule has 0 aromatic heterocycles. The van der Waals surface area contributed by atoms with Gasteiger partial charge in [-0.3, -0.25) is 14.4 Å². The number of carbonyl (C=O) groups excluding carboxylic acids is 2. The molecular formula is C33H30N4O6. The van der Waals surface area contributed by atoms with E-state index >= 15 is 0 Å². The number of nitrogens with one attached hydrogen (secondary N) is 3. The molecule has 1 unspecified atom stereocenters. The molecule has 0 radical (unpaired) electrons. The van der Waals surface area contributed by atoms with Crippen molar-refractivity contribution in [3.8, 4) is 17.6 Å². The van der Waals surface area contributed by atoms with Crippen molar-refractivity contribution in [2.45, 2.75) is 26.0 Å². The van der Waals surface area contributed by atoms with E-state index in [9.17, 15) is 24.8 Å². The van der Waals surface area contributed by atoms with Crippen LogP contribution < -0.4 is 25.4 Å². The topological polar surface area (TPSA) is 150 Å². The number of carboxylic acids is 1. The number of carbonyl (C=O) groups is 3. The summed E-state index contributed by atoms with van der Waals surface area (Å²) in [5.74, 6) is -1.27. The summed E-state index contributed by atoms with van der Waals surface area (Å²) in [6, 6.07) is 26.8. The van der Waals surface area contributed by atoms with E-state index in [0.717, 1.165) is 5.56 Å². The lowest BCUT2D eigenvalue weighted by atomic mass is 10.0. The van der Waals surface area contributed by atoms with E-state index in [1.165, 1.54) is 14.0 Å². The second-order valence-electron chi connectivity index (χ2n) is 9.53. The summed E-state index contributed by atoms with van der Waals surface area (Å²) in [5.41, 5.74) is 3.30. The minimum absolute atomic E-state index is 0.240. The Balaban J connectivity index is 1.77. The third-order valence-corrected chi connectivity index (χ3v) is 6.40. The molecule has 0 saturated carbocycles. The highest BCUT2D eigenvalue weighted by molar-refractivity contribution is 6.00. The molecule has 0 aliphatic heterocycles. The predicted octanol–water partition coefficient (Wildman–Crippen LogP) is 5.52. The van der Waals surface area contributed by atoms with Crippen molar-refractivity contribution in [1.82, 2.24) is 0 Å². The van der Waals surface area contributed by atoms with Gasteiger partial charge in [0.1, 0.15) is 12.6 Å². The Bertz CT molecular complexity index is 1650. The van der Waals surface area contributed by atoms with Crippen LogP contribution in [0.1, 0.15) is 35.2 Å². The first-order valence-electron chi connectivity index (χ1n) is 13.3. The van der Waals surface area contributed by atoms with Gasteiger partial charge in [-0.25, -0.2) is 0 Å². The van der Waals surface area contributed by atoms with Crippen LogP contribution in [-0.4, -0.2) is 30.0 Å². The maximum Gasteiger partial charge on any atom is 0.307 e. The van der Waals surface area contributed by atoms with E-state index in [1.807, 2.05) is 30.3 Å². The number of nitrogens with zero attached hydrogens (tertiary/aromatic N) is 1. The number of benzene rings is 4. The molecule has 1 atom stereocenters. The zero-order valence-corrected chi connectivity index (χ0v) is 23.6. The Hall–Kier alpha value is -5.82. The van der Waals surface area contributed by atoms with Crippen LogP contribution >= 0.6 is 0 Å². The number of nitriles is 1. The van der Waals surface area contributed by atoms with Crippen molar-refractivity contribution in [3.63, 3.8) is 0 Å². The van der Waals surface area contributed by atoms with Gasteiger partial charge in [0.05, 0.1) is 30.9 Å². The van der Waals surface area contributed by atoms with E-state index in [0.29, 0.717) is 45.3 Å². The van der Waals surface area contributed by atoms with Gasteiger partial charge < -0.3 is 30.5 Å². The van der Waals surface area contributed by atoms with Crippen molar-refractivity contribution in [2.75, 3.05) is 23.1 Å². The molecule has 10 heteroatoms. The summed E-state index contributed by atoms with van der Waals surface area (Å²) in [4.78, 5) is 37.7. The molecule has 0 heterocycles. The third-order valence-electron chi connectivity index (χ3n) is 6.40. The summed E-state index contributed by atoms with van der Waals surface area (Å²) in [6.45, 7) is 1.59. The van der Waals surface area contributed by atoms with Gasteiger partial charge in [0.15, 0.2) is 11.5 Å². The lowest BCUT2D eigenvalue weighted by Crippen LogP contribution is -2.29. The van der Waals surface area contributed by atoms with Crippen molar-refractivity contribution >= 4 is 34.8 Å². The average Bonchev–Trinajstić information content (AvgIpc) is 3.00. The van der Waals surface area contributed by atoms with E-state index in [2.05, 4.69) is 22.0 Å². The Kier molecular flexibility index (Phi) is 9.95. The number of hydrogen-bond acceptors (Lipinski definition) is 7. The maximum atomic E-state index is 14.0. The molecule has 4 rings (SSSR count). The minimum atomic E-state index is -1.11. The Morgan fingerprint density at radius 3 is 2.23 bits per heavy atom. The summed E-state index contributed by atoms with van der Waals surface area (Å²) >= 11 is 0. The van der Waals surface area contributed by atoms with Crippen LogP contribution in [-0.2, 0) is 27.4 Å². The average molecular weight is 579 g/mol. The van der Waals surface area contributed by atoms with Crippen LogP contribution in [0.3, 0.4) is 0 Å². The van der Waals surface area contributed by atoms with Gasteiger partial charge >= 0.3 is 5.97 Å². The number of anilines is 3. The highest BCUT2D eigenvalue weighted by atomic mass is 16.5. The zero-order chi connectivity index (χ0) is 30.8. The van der Waals surface area contributed by atoms with Crippen LogP contribution in [0.15, 0.2) is 91.0 Å². The number of aliphatic carboxylic acids is 1. The summed E-state index contributed by atoms with van der Waals surface area (Å²) in [7, 11) is 1.47. The van der Waals surface area contributed by atoms with Crippen molar-refractivity contribution in [1.29, 1.82) is 5.26 Å². The number of para-hydroxylation sites is 1. The van der Waals surface area contributed by atoms with E-state index < -0.39 is 17.9 Å². The smallest absolute Gasteiger partial charge is 0.307 e. The SMILES string of the molecule is COc1cc(C(Nc2ccc(C#N)cc2)C(=O)Nc2ccccc2CC(=O)O)c(NC(C)=O)cc1OCc1ccccc1. The molecule has 4 N–H and O–H groups in total. The Morgan fingerprint density at radius 2 is 1.58 bits per heavy atom. The molecule has 4 aromatic carbocycles. The second kappa shape index (κ2) is 14.2. The summed E-state index contributed by atoms with van der Waals surface area (Å²) < 4.78 is 11.7. The first kappa shape index (κ1) is 30.1. The molecule has 0 aliphatic carbocycles. The molecule has 0 bridgehead atoms. The van der Waals surface area contributed by atoms with Gasteiger partial charge in [0.25, 0.3) is 5.91 Å². The summed E-state index contributed by atoms with van der Waals surface area (Å²) in [6.07, 6.45) is -0.289. The largest absolute Gasteiger partial charge is 0.493 e. The lowest BCUT2D eigenvalue weighted by Gasteiger charge is -2.25. The number of hydrogen-bond donors (Lipinski definition) is 4. The Labute approximate surface area is 248 Å². The van der Waals surface area contributed by atoms with Crippen molar-refractivity contribution in [3.05, 3.63) is 113 Å². The predicted molar refractivity (Wildman–Crippen MR) is 162 cm³/mol. The number of amides is 2. The van der Waals surface area contributed by atoms with Gasteiger partial charge in [-0.15, -0.1) is 0 Å². The fraction of sp³-hybridized carbons (Fsp3) is 0.152. The van der Waals surface area contributed by atoms with Crippen LogP contribution in [0.2, 0.25) is 0 Å². The number of methoxy groups -OCH3 is 1. The molecule has 0 saturated heterocycles. The first-order chi connectivity index (χ1) is 20.8. The number of rotatable bonds is 12. The molecular weight excluding hydrogens is 548 g/mol. The van der Waals surface area contributed by atoms with E-state index in [-0.39, 0.29) is 18.9 Å². The normalized spacial score (nSPS) is 11.0. The molecule has 0 aliphatic rings. The van der Waals surface area contributed by atoms with Gasteiger partial charge in [0, 0.05) is 29.9 Å². The maximum absolute atomic E-state index is 14.0. The highest BCUT2D eigenvalue weighted by Gasteiger charge is 2.27. The fourth-order valence-electron chi connectivity index (χ4n) is 4.38. The van der Waals surface area contributed by atoms with Crippen LogP contribution in [0, 0.1) is 11.3 Å². The van der Waals surface area contributed by atoms with Crippen LogP contribution in [0.25, 0.3) is 0 Å². The first-order valence-corrected chi connectivity index (χ1v) is 13.3. The lowest BCUT2D eigenvalue weighted by molar-refractivity contribution is -0.136. The van der Waals surface area contributed by atoms with E-state index in [1.54, 1.807) is 60.7 Å². The summed E-state index contributed by atoms with van der Waals surface area (Å²) in [5, 5.41) is 27.4. The molecule has 10 nitrogen and oxygen atoms in total. The quantitative estimate of drug-likeness (QED) is 0.172. The van der Waals surface area contributed by atoms with Gasteiger partial charge in [-0.2, -0.15) is 5.26 Å². The van der Waals surface area contributed by atoms with Crippen LogP contribution in [0.4, 0.5) is 17.1 Å². The van der Waals surface area contributed by atoms with Crippen molar-refractivity contribution < 1.29 is 29.0 Å². The second-order valence-corrected chi connectivity index (χ2v) is 9.53. The molecule has 4 aromatic rings. The fourth-order valence-corrected chi connectivity index (χ4v) is 4.38. The molecule has 218 valence electrons. The zero-order valence-electron chi connectivity index (χ0n) is 23.6. The van der Waals surface area contributed by atoms with Gasteiger partial charge in [-0.1, -0.05) is 48.5 Å². The molecule has 43 heavy (non-hydrogen) atoms. The standard InChI is InChI=1S/C33H30N4O6/c1-21(38)35-28-18-30(43-20-23-8-4-3-5-9-23)29(42-2)17-26(28)32(36-25-14-12-22(19-34)13-15-25)33(41)37-27-11-7-6-10-24(27)16-31(39)40/h3-15,17-18,32,36H,16,20H2,1-2H3,(H,35,38)(H,37,41)(H,39,40). The molecule has 0 spiro atoms.